The van der Waals surface area contributed by atoms with Crippen molar-refractivity contribution in [3.63, 3.8) is 0 Å². The Morgan fingerprint density at radius 3 is 2.79 bits per heavy atom. The van der Waals surface area contributed by atoms with Gasteiger partial charge in [-0.05, 0) is 19.6 Å². The maximum Gasteiger partial charge on any atom is 0.311 e. The molecule has 3 nitrogen and oxygen atoms in total. The van der Waals surface area contributed by atoms with E-state index in [1.54, 1.807) is 24.8 Å². The number of aliphatic hydroxyl groups excluding tert-OH is 1. The van der Waals surface area contributed by atoms with Gasteiger partial charge in [-0.2, -0.15) is 11.8 Å². The monoisotopic (exact) mass is 218 g/mol. The van der Waals surface area contributed by atoms with Gasteiger partial charge in [0.2, 0.25) is 0 Å². The molecule has 0 spiro atoms. The van der Waals surface area contributed by atoms with Crippen LogP contribution in [0.1, 0.15) is 13.3 Å². The van der Waals surface area contributed by atoms with Gasteiger partial charge in [0.25, 0.3) is 0 Å². The molecule has 0 unspecified atom stereocenters. The molecule has 0 saturated carbocycles. The van der Waals surface area contributed by atoms with E-state index in [9.17, 15) is 9.90 Å². The molecule has 0 fully saturated rings. The van der Waals surface area contributed by atoms with Crippen molar-refractivity contribution in [2.45, 2.75) is 19.4 Å². The van der Waals surface area contributed by atoms with Gasteiger partial charge in [0.1, 0.15) is 6.61 Å². The SMILES string of the molecule is C=CC[C@@H](C(=O)OCCSC)[C@H](C)O. The fourth-order valence-electron chi connectivity index (χ4n) is 1.00. The van der Waals surface area contributed by atoms with Crippen LogP contribution in [0.25, 0.3) is 0 Å². The topological polar surface area (TPSA) is 46.5 Å². The predicted molar refractivity (Wildman–Crippen MR) is 59.3 cm³/mol. The van der Waals surface area contributed by atoms with E-state index in [2.05, 4.69) is 6.58 Å². The molecule has 0 aromatic heterocycles. The van der Waals surface area contributed by atoms with Crippen LogP contribution in [0.4, 0.5) is 0 Å². The van der Waals surface area contributed by atoms with E-state index < -0.39 is 12.0 Å². The van der Waals surface area contributed by atoms with Gasteiger partial charge in [-0.1, -0.05) is 6.08 Å². The predicted octanol–water partition coefficient (Wildman–Crippen LogP) is 1.47. The fourth-order valence-corrected chi connectivity index (χ4v) is 1.25. The van der Waals surface area contributed by atoms with Gasteiger partial charge in [-0.25, -0.2) is 0 Å². The average molecular weight is 218 g/mol. The number of rotatable bonds is 7. The number of hydrogen-bond acceptors (Lipinski definition) is 4. The molecule has 2 atom stereocenters. The minimum Gasteiger partial charge on any atom is -0.465 e. The molecule has 0 radical (unpaired) electrons. The molecule has 14 heavy (non-hydrogen) atoms. The normalized spacial score (nSPS) is 14.5. The first-order chi connectivity index (χ1) is 6.63. The van der Waals surface area contributed by atoms with Gasteiger partial charge in [0.05, 0.1) is 12.0 Å². The number of carbonyl (C=O) groups excluding carboxylic acids is 1. The van der Waals surface area contributed by atoms with Crippen LogP contribution in [0.3, 0.4) is 0 Å². The molecule has 1 N–H and O–H groups in total. The standard InChI is InChI=1S/C10H18O3S/c1-4-5-9(8(2)11)10(12)13-6-7-14-3/h4,8-9,11H,1,5-7H2,2-3H3/t8-,9+/m0/s1. The van der Waals surface area contributed by atoms with Crippen molar-refractivity contribution in [3.05, 3.63) is 12.7 Å². The first kappa shape index (κ1) is 13.5. The third kappa shape index (κ3) is 5.29. The van der Waals surface area contributed by atoms with Crippen LogP contribution < -0.4 is 0 Å². The number of hydrogen-bond donors (Lipinski definition) is 1. The Kier molecular flexibility index (Phi) is 7.61. The first-order valence-corrected chi connectivity index (χ1v) is 5.97. The molecule has 0 amide bonds. The Labute approximate surface area is 89.5 Å². The van der Waals surface area contributed by atoms with Crippen LogP contribution >= 0.6 is 11.8 Å². The molecule has 0 aliphatic rings. The van der Waals surface area contributed by atoms with Crippen LogP contribution in [-0.4, -0.2) is 35.8 Å². The van der Waals surface area contributed by atoms with Gasteiger partial charge in [0, 0.05) is 5.75 Å². The molecular weight excluding hydrogens is 200 g/mol. The molecule has 82 valence electrons. The Hall–Kier alpha value is -0.480. The summed E-state index contributed by atoms with van der Waals surface area (Å²) >= 11 is 1.62. The highest BCUT2D eigenvalue weighted by Crippen LogP contribution is 2.12. The smallest absolute Gasteiger partial charge is 0.311 e. The summed E-state index contributed by atoms with van der Waals surface area (Å²) in [5.74, 6) is -0.0323. The Bertz CT molecular complexity index is 180. The van der Waals surface area contributed by atoms with Crippen molar-refractivity contribution in [2.75, 3.05) is 18.6 Å². The molecule has 0 aliphatic carbocycles. The minimum atomic E-state index is -0.685. The van der Waals surface area contributed by atoms with Gasteiger partial charge in [-0.3, -0.25) is 4.79 Å². The largest absolute Gasteiger partial charge is 0.465 e. The van der Waals surface area contributed by atoms with Crippen LogP contribution in [0.15, 0.2) is 12.7 Å². The number of aliphatic hydroxyl groups is 1. The number of esters is 1. The van der Waals surface area contributed by atoms with E-state index in [1.165, 1.54) is 0 Å². The second kappa shape index (κ2) is 7.88. The molecule has 0 saturated heterocycles. The number of allylic oxidation sites excluding steroid dienone is 1. The van der Waals surface area contributed by atoms with Crippen LogP contribution in [-0.2, 0) is 9.53 Å². The highest BCUT2D eigenvalue weighted by Gasteiger charge is 2.23. The lowest BCUT2D eigenvalue weighted by Crippen LogP contribution is -2.27. The summed E-state index contributed by atoms with van der Waals surface area (Å²) in [6.45, 7) is 5.53. The maximum atomic E-state index is 11.4. The summed E-state index contributed by atoms with van der Waals surface area (Å²) < 4.78 is 4.99. The zero-order chi connectivity index (χ0) is 11.0. The van der Waals surface area contributed by atoms with E-state index >= 15 is 0 Å². The lowest BCUT2D eigenvalue weighted by molar-refractivity contribution is -0.151. The highest BCUT2D eigenvalue weighted by atomic mass is 32.2. The summed E-state index contributed by atoms with van der Waals surface area (Å²) in [6, 6.07) is 0. The molecule has 0 aromatic rings. The van der Waals surface area contributed by atoms with Crippen molar-refractivity contribution in [3.8, 4) is 0 Å². The van der Waals surface area contributed by atoms with Crippen molar-refractivity contribution in [2.24, 2.45) is 5.92 Å². The number of thioether (sulfide) groups is 1. The van der Waals surface area contributed by atoms with Crippen LogP contribution in [0.2, 0.25) is 0 Å². The second-order valence-electron chi connectivity index (χ2n) is 3.03. The van der Waals surface area contributed by atoms with Gasteiger partial charge < -0.3 is 9.84 Å². The average Bonchev–Trinajstić information content (AvgIpc) is 2.13. The summed E-state index contributed by atoms with van der Waals surface area (Å²) in [6.07, 6.45) is 3.34. The lowest BCUT2D eigenvalue weighted by atomic mass is 10.0. The van der Waals surface area contributed by atoms with Gasteiger partial charge in [-0.15, -0.1) is 6.58 Å². The Morgan fingerprint density at radius 1 is 1.71 bits per heavy atom. The quantitative estimate of drug-likeness (QED) is 0.399. The molecule has 4 heteroatoms. The maximum absolute atomic E-state index is 11.4. The number of carbonyl (C=O) groups is 1. The van der Waals surface area contributed by atoms with E-state index in [1.807, 2.05) is 6.26 Å². The van der Waals surface area contributed by atoms with Crippen LogP contribution in [0.5, 0.6) is 0 Å². The summed E-state index contributed by atoms with van der Waals surface area (Å²) in [4.78, 5) is 11.4. The van der Waals surface area contributed by atoms with Crippen molar-refractivity contribution in [1.29, 1.82) is 0 Å². The number of ether oxygens (including phenoxy) is 1. The molecule has 0 aromatic carbocycles. The van der Waals surface area contributed by atoms with Crippen LogP contribution in [0, 0.1) is 5.92 Å². The highest BCUT2D eigenvalue weighted by molar-refractivity contribution is 7.98. The summed E-state index contributed by atoms with van der Waals surface area (Å²) in [5.41, 5.74) is 0. The molecule has 0 bridgehead atoms. The zero-order valence-corrected chi connectivity index (χ0v) is 9.55. The summed E-state index contributed by atoms with van der Waals surface area (Å²) in [5, 5.41) is 9.32. The fraction of sp³-hybridized carbons (Fsp3) is 0.700. The van der Waals surface area contributed by atoms with E-state index in [0.29, 0.717) is 13.0 Å². The third-order valence-electron chi connectivity index (χ3n) is 1.84. The van der Waals surface area contributed by atoms with Gasteiger partial charge >= 0.3 is 5.97 Å². The third-order valence-corrected chi connectivity index (χ3v) is 2.41. The molecule has 0 aliphatic heterocycles. The zero-order valence-electron chi connectivity index (χ0n) is 8.73. The minimum absolute atomic E-state index is 0.339. The Balaban J connectivity index is 3.95. The van der Waals surface area contributed by atoms with E-state index in [0.717, 1.165) is 5.75 Å². The first-order valence-electron chi connectivity index (χ1n) is 4.58. The summed E-state index contributed by atoms with van der Waals surface area (Å²) in [7, 11) is 0. The van der Waals surface area contributed by atoms with Gasteiger partial charge in [0.15, 0.2) is 0 Å². The Morgan fingerprint density at radius 2 is 2.36 bits per heavy atom. The lowest BCUT2D eigenvalue weighted by Gasteiger charge is -2.16. The molecule has 0 rings (SSSR count). The van der Waals surface area contributed by atoms with E-state index in [-0.39, 0.29) is 5.97 Å². The van der Waals surface area contributed by atoms with Crippen molar-refractivity contribution in [1.82, 2.24) is 0 Å². The molecule has 0 heterocycles. The second-order valence-corrected chi connectivity index (χ2v) is 4.02. The van der Waals surface area contributed by atoms with Crippen molar-refractivity contribution >= 4 is 17.7 Å². The van der Waals surface area contributed by atoms with E-state index in [4.69, 9.17) is 4.74 Å². The molecular formula is C10H18O3S. The van der Waals surface area contributed by atoms with Crippen molar-refractivity contribution < 1.29 is 14.6 Å².